The molecule has 68 valence electrons. The molecule has 1 aromatic heterocycles. The first kappa shape index (κ1) is 9.99. The van der Waals surface area contributed by atoms with Crippen LogP contribution in [0.15, 0.2) is 9.30 Å². The van der Waals surface area contributed by atoms with Gasteiger partial charge in [0.05, 0.1) is 0 Å². The van der Waals surface area contributed by atoms with Crippen LogP contribution in [0.5, 0.6) is 0 Å². The van der Waals surface area contributed by atoms with Gasteiger partial charge in [-0.25, -0.2) is 4.98 Å². The summed E-state index contributed by atoms with van der Waals surface area (Å²) >= 11 is 4.93. The minimum absolute atomic E-state index is 0.945. The molecule has 0 aromatic carbocycles. The topological polar surface area (TPSA) is 24.9 Å². The van der Waals surface area contributed by atoms with Crippen molar-refractivity contribution in [2.45, 2.75) is 26.2 Å². The summed E-state index contributed by atoms with van der Waals surface area (Å²) in [6, 6.07) is 0. The van der Waals surface area contributed by atoms with E-state index in [0.29, 0.717) is 0 Å². The number of rotatable bonds is 5. The van der Waals surface area contributed by atoms with Crippen LogP contribution >= 0.6 is 27.3 Å². The summed E-state index contributed by atoms with van der Waals surface area (Å²) in [5, 5.41) is 5.29. The fraction of sp³-hybridized carbons (Fsp3) is 0.625. The summed E-state index contributed by atoms with van der Waals surface area (Å²) < 4.78 is 0.945. The van der Waals surface area contributed by atoms with E-state index in [-0.39, 0.29) is 0 Å². The molecule has 1 N–H and O–H groups in total. The monoisotopic (exact) mass is 248 g/mol. The summed E-state index contributed by atoms with van der Waals surface area (Å²) in [5.41, 5.74) is 0. The molecule has 1 rings (SSSR count). The van der Waals surface area contributed by atoms with Crippen LogP contribution in [0.1, 0.15) is 26.2 Å². The first-order valence-corrected chi connectivity index (χ1v) is 5.85. The Balaban J connectivity index is 2.15. The Hall–Kier alpha value is -0.0900. The lowest BCUT2D eigenvalue weighted by atomic mass is 10.2. The number of unbranched alkanes of at least 4 members (excludes halogenated alkanes) is 2. The normalized spacial score (nSPS) is 10.2. The molecule has 0 radical (unpaired) electrons. The second-order valence-corrected chi connectivity index (χ2v) is 4.75. The SMILES string of the molecule is CCCCCNc1csc(Br)n1. The minimum Gasteiger partial charge on any atom is -0.369 e. The predicted octanol–water partition coefficient (Wildman–Crippen LogP) is 3.51. The number of nitrogens with zero attached hydrogens (tertiary/aromatic N) is 1. The van der Waals surface area contributed by atoms with Crippen LogP contribution in [-0.2, 0) is 0 Å². The summed E-state index contributed by atoms with van der Waals surface area (Å²) in [6.45, 7) is 3.24. The lowest BCUT2D eigenvalue weighted by Gasteiger charge is -2.00. The van der Waals surface area contributed by atoms with Crippen molar-refractivity contribution in [3.8, 4) is 0 Å². The van der Waals surface area contributed by atoms with Gasteiger partial charge < -0.3 is 5.32 Å². The fourth-order valence-electron chi connectivity index (χ4n) is 0.924. The Kier molecular flexibility index (Phi) is 4.61. The molecule has 0 fully saturated rings. The highest BCUT2D eigenvalue weighted by molar-refractivity contribution is 9.11. The average molecular weight is 249 g/mol. The highest BCUT2D eigenvalue weighted by atomic mass is 79.9. The average Bonchev–Trinajstić information content (AvgIpc) is 2.45. The maximum atomic E-state index is 4.23. The van der Waals surface area contributed by atoms with Gasteiger partial charge in [0.1, 0.15) is 5.82 Å². The van der Waals surface area contributed by atoms with Crippen molar-refractivity contribution in [2.75, 3.05) is 11.9 Å². The van der Waals surface area contributed by atoms with E-state index >= 15 is 0 Å². The fourth-order valence-corrected chi connectivity index (χ4v) is 1.89. The third kappa shape index (κ3) is 3.54. The van der Waals surface area contributed by atoms with E-state index in [1.807, 2.05) is 5.38 Å². The van der Waals surface area contributed by atoms with Crippen LogP contribution in [0.4, 0.5) is 5.82 Å². The Bertz CT molecular complexity index is 225. The molecular weight excluding hydrogens is 236 g/mol. The maximum absolute atomic E-state index is 4.23. The number of aromatic nitrogens is 1. The van der Waals surface area contributed by atoms with Crippen LogP contribution < -0.4 is 5.32 Å². The zero-order chi connectivity index (χ0) is 8.81. The molecule has 0 spiro atoms. The van der Waals surface area contributed by atoms with Crippen molar-refractivity contribution < 1.29 is 0 Å². The Morgan fingerprint density at radius 2 is 2.42 bits per heavy atom. The van der Waals surface area contributed by atoms with Gasteiger partial charge >= 0.3 is 0 Å². The van der Waals surface area contributed by atoms with E-state index in [1.54, 1.807) is 11.3 Å². The van der Waals surface area contributed by atoms with Crippen LogP contribution in [0.2, 0.25) is 0 Å². The Labute approximate surface area is 85.5 Å². The van der Waals surface area contributed by atoms with Crippen molar-refractivity contribution in [1.82, 2.24) is 4.98 Å². The molecule has 2 nitrogen and oxygen atoms in total. The molecule has 0 saturated heterocycles. The number of hydrogen-bond donors (Lipinski definition) is 1. The van der Waals surface area contributed by atoms with Crippen molar-refractivity contribution >= 4 is 33.1 Å². The minimum atomic E-state index is 0.945. The van der Waals surface area contributed by atoms with Crippen molar-refractivity contribution in [3.05, 3.63) is 9.30 Å². The highest BCUT2D eigenvalue weighted by Crippen LogP contribution is 2.19. The molecule has 0 aliphatic carbocycles. The van der Waals surface area contributed by atoms with Gasteiger partial charge in [-0.2, -0.15) is 0 Å². The molecule has 1 aromatic rings. The third-order valence-electron chi connectivity index (χ3n) is 1.56. The van der Waals surface area contributed by atoms with Crippen LogP contribution in [0.25, 0.3) is 0 Å². The van der Waals surface area contributed by atoms with Gasteiger partial charge in [0.15, 0.2) is 3.92 Å². The largest absolute Gasteiger partial charge is 0.369 e. The first-order chi connectivity index (χ1) is 5.83. The molecule has 1 heterocycles. The van der Waals surface area contributed by atoms with Gasteiger partial charge in [-0.05, 0) is 22.4 Å². The molecule has 0 amide bonds. The molecule has 0 aliphatic rings. The van der Waals surface area contributed by atoms with Gasteiger partial charge in [0, 0.05) is 11.9 Å². The quantitative estimate of drug-likeness (QED) is 0.808. The van der Waals surface area contributed by atoms with Crippen LogP contribution in [-0.4, -0.2) is 11.5 Å². The Morgan fingerprint density at radius 3 is 3.00 bits per heavy atom. The van der Waals surface area contributed by atoms with Crippen molar-refractivity contribution in [3.63, 3.8) is 0 Å². The lowest BCUT2D eigenvalue weighted by Crippen LogP contribution is -2.00. The summed E-state index contributed by atoms with van der Waals surface area (Å²) in [6.07, 6.45) is 3.78. The van der Waals surface area contributed by atoms with E-state index in [4.69, 9.17) is 0 Å². The highest BCUT2D eigenvalue weighted by Gasteiger charge is 1.96. The smallest absolute Gasteiger partial charge is 0.161 e. The molecule has 4 heteroatoms. The van der Waals surface area contributed by atoms with Gasteiger partial charge in [-0.3, -0.25) is 0 Å². The second-order valence-electron chi connectivity index (χ2n) is 2.62. The number of hydrogen-bond acceptors (Lipinski definition) is 3. The van der Waals surface area contributed by atoms with E-state index in [2.05, 4.69) is 33.2 Å². The lowest BCUT2D eigenvalue weighted by molar-refractivity contribution is 0.742. The summed E-state index contributed by atoms with van der Waals surface area (Å²) in [5.74, 6) is 0.989. The van der Waals surface area contributed by atoms with E-state index in [9.17, 15) is 0 Å². The van der Waals surface area contributed by atoms with Gasteiger partial charge in [0.25, 0.3) is 0 Å². The zero-order valence-electron chi connectivity index (χ0n) is 7.14. The molecular formula is C8H13BrN2S. The van der Waals surface area contributed by atoms with Gasteiger partial charge in [-0.15, -0.1) is 11.3 Å². The van der Waals surface area contributed by atoms with Crippen LogP contribution in [0.3, 0.4) is 0 Å². The van der Waals surface area contributed by atoms with E-state index in [1.165, 1.54) is 19.3 Å². The third-order valence-corrected chi connectivity index (χ3v) is 2.93. The summed E-state index contributed by atoms with van der Waals surface area (Å²) in [7, 11) is 0. The number of halogens is 1. The number of thiazole rings is 1. The van der Waals surface area contributed by atoms with Crippen molar-refractivity contribution in [1.29, 1.82) is 0 Å². The Morgan fingerprint density at radius 1 is 1.58 bits per heavy atom. The van der Waals surface area contributed by atoms with E-state index in [0.717, 1.165) is 16.3 Å². The number of nitrogens with one attached hydrogen (secondary N) is 1. The van der Waals surface area contributed by atoms with Crippen LogP contribution in [0, 0.1) is 0 Å². The standard InChI is InChI=1S/C8H13BrN2S/c1-2-3-4-5-10-7-6-12-8(9)11-7/h6,10H,2-5H2,1H3. The number of anilines is 1. The molecule has 0 aliphatic heterocycles. The molecule has 0 saturated carbocycles. The molecule has 0 bridgehead atoms. The van der Waals surface area contributed by atoms with Crippen molar-refractivity contribution in [2.24, 2.45) is 0 Å². The maximum Gasteiger partial charge on any atom is 0.161 e. The zero-order valence-corrected chi connectivity index (χ0v) is 9.54. The molecule has 0 unspecified atom stereocenters. The van der Waals surface area contributed by atoms with Gasteiger partial charge in [-0.1, -0.05) is 19.8 Å². The predicted molar refractivity (Wildman–Crippen MR) is 57.8 cm³/mol. The summed E-state index contributed by atoms with van der Waals surface area (Å²) in [4.78, 5) is 4.23. The first-order valence-electron chi connectivity index (χ1n) is 4.18. The molecule has 0 atom stereocenters. The molecule has 12 heavy (non-hydrogen) atoms. The second kappa shape index (κ2) is 5.54. The van der Waals surface area contributed by atoms with E-state index < -0.39 is 0 Å². The van der Waals surface area contributed by atoms with Gasteiger partial charge in [0.2, 0.25) is 0 Å².